The van der Waals surface area contributed by atoms with E-state index in [-0.39, 0.29) is 0 Å². The smallest absolute Gasteiger partial charge is 0.0504 e. The molecule has 6 rings (SSSR count). The summed E-state index contributed by atoms with van der Waals surface area (Å²) in [7, 11) is 0. The highest BCUT2D eigenvalue weighted by Crippen LogP contribution is 2.74. The maximum atomic E-state index is 5.81. The predicted molar refractivity (Wildman–Crippen MR) is 66.3 cm³/mol. The molecule has 88 valence electrons. The zero-order valence-electron chi connectivity index (χ0n) is 10.0. The monoisotopic (exact) mass is 226 g/mol. The van der Waals surface area contributed by atoms with Gasteiger partial charge in [-0.2, -0.15) is 0 Å². The molecule has 17 heavy (non-hydrogen) atoms. The van der Waals surface area contributed by atoms with Gasteiger partial charge in [0.2, 0.25) is 0 Å². The first kappa shape index (κ1) is 9.16. The van der Waals surface area contributed by atoms with Gasteiger partial charge < -0.3 is 4.74 Å². The van der Waals surface area contributed by atoms with Crippen LogP contribution in [-0.2, 0) is 4.74 Å². The fourth-order valence-electron chi connectivity index (χ4n) is 5.66. The van der Waals surface area contributed by atoms with Crippen molar-refractivity contribution in [3.05, 3.63) is 36.5 Å². The number of hydrogen-bond acceptors (Lipinski definition) is 1. The van der Waals surface area contributed by atoms with Gasteiger partial charge in [0.05, 0.1) is 13.2 Å². The van der Waals surface area contributed by atoms with Gasteiger partial charge in [-0.3, -0.25) is 0 Å². The van der Waals surface area contributed by atoms with Crippen LogP contribution in [0.15, 0.2) is 36.5 Å². The van der Waals surface area contributed by atoms with Crippen LogP contribution in [0.1, 0.15) is 12.8 Å². The molecule has 0 aromatic heterocycles. The molecule has 0 unspecified atom stereocenters. The first-order valence-electron chi connectivity index (χ1n) is 6.99. The van der Waals surface area contributed by atoms with E-state index in [1.807, 2.05) is 0 Å². The summed E-state index contributed by atoms with van der Waals surface area (Å²) in [5.41, 5.74) is 0.937. The third kappa shape index (κ3) is 0.753. The van der Waals surface area contributed by atoms with Crippen LogP contribution in [0.4, 0.5) is 0 Å². The van der Waals surface area contributed by atoms with Crippen LogP contribution in [0.25, 0.3) is 0 Å². The first-order valence-corrected chi connectivity index (χ1v) is 6.99. The molecular formula is C16H18O. The molecule has 1 heterocycles. The van der Waals surface area contributed by atoms with Crippen LogP contribution in [0.5, 0.6) is 0 Å². The van der Waals surface area contributed by atoms with E-state index in [2.05, 4.69) is 36.5 Å². The van der Waals surface area contributed by atoms with E-state index in [4.69, 9.17) is 4.74 Å². The molecule has 0 N–H and O–H groups in total. The minimum atomic E-state index is 0.468. The molecule has 1 nitrogen and oxygen atoms in total. The Labute approximate surface area is 102 Å². The van der Waals surface area contributed by atoms with E-state index in [0.717, 1.165) is 36.9 Å². The summed E-state index contributed by atoms with van der Waals surface area (Å²) < 4.78 is 5.81. The van der Waals surface area contributed by atoms with Crippen molar-refractivity contribution in [3.63, 3.8) is 0 Å². The second kappa shape index (κ2) is 2.61. The van der Waals surface area contributed by atoms with Gasteiger partial charge in [0.25, 0.3) is 0 Å². The Hall–Kier alpha value is -0.820. The molecule has 2 bridgehead atoms. The number of allylic oxidation sites excluding steroid dienone is 6. The lowest BCUT2D eigenvalue weighted by molar-refractivity contribution is -0.0976. The average molecular weight is 226 g/mol. The summed E-state index contributed by atoms with van der Waals surface area (Å²) in [6.45, 7) is 2.01. The molecule has 6 atom stereocenters. The molecular weight excluding hydrogens is 208 g/mol. The number of rotatable bonds is 0. The second-order valence-electron chi connectivity index (χ2n) is 6.60. The van der Waals surface area contributed by atoms with Crippen LogP contribution < -0.4 is 0 Å². The highest BCUT2D eigenvalue weighted by molar-refractivity contribution is 5.43. The molecule has 0 radical (unpaired) electrons. The van der Waals surface area contributed by atoms with Gasteiger partial charge >= 0.3 is 0 Å². The summed E-state index contributed by atoms with van der Waals surface area (Å²) in [5, 5.41) is 0. The molecule has 1 aliphatic heterocycles. The molecule has 5 aliphatic carbocycles. The summed E-state index contributed by atoms with van der Waals surface area (Å²) >= 11 is 0. The molecule has 1 heteroatoms. The molecule has 0 amide bonds. The Morgan fingerprint density at radius 2 is 1.35 bits per heavy atom. The Balaban J connectivity index is 1.75. The topological polar surface area (TPSA) is 9.23 Å². The maximum absolute atomic E-state index is 5.81. The Kier molecular flexibility index (Phi) is 1.41. The average Bonchev–Trinajstić information content (AvgIpc) is 2.81. The summed E-state index contributed by atoms with van der Waals surface area (Å²) in [6.07, 6.45) is 17.5. The summed E-state index contributed by atoms with van der Waals surface area (Å²) in [6, 6.07) is 0. The number of ether oxygens (including phenoxy) is 1. The van der Waals surface area contributed by atoms with Gasteiger partial charge in [-0.25, -0.2) is 0 Å². The lowest BCUT2D eigenvalue weighted by Gasteiger charge is -2.69. The largest absolute Gasteiger partial charge is 0.381 e. The van der Waals surface area contributed by atoms with Crippen LogP contribution in [-0.4, -0.2) is 13.2 Å². The zero-order valence-corrected chi connectivity index (χ0v) is 10.0. The first-order chi connectivity index (χ1) is 8.37. The van der Waals surface area contributed by atoms with Crippen molar-refractivity contribution in [1.82, 2.24) is 0 Å². The third-order valence-corrected chi connectivity index (χ3v) is 6.43. The van der Waals surface area contributed by atoms with Crippen molar-refractivity contribution in [1.29, 1.82) is 0 Å². The highest BCUT2D eigenvalue weighted by atomic mass is 16.5. The molecule has 1 saturated carbocycles. The van der Waals surface area contributed by atoms with Crippen LogP contribution in [0, 0.1) is 34.5 Å². The molecule has 1 saturated heterocycles. The van der Waals surface area contributed by atoms with E-state index >= 15 is 0 Å². The van der Waals surface area contributed by atoms with Crippen molar-refractivity contribution in [2.45, 2.75) is 12.8 Å². The predicted octanol–water partition coefficient (Wildman–Crippen LogP) is 2.96. The van der Waals surface area contributed by atoms with E-state index < -0.39 is 0 Å². The van der Waals surface area contributed by atoms with Crippen molar-refractivity contribution >= 4 is 0 Å². The van der Waals surface area contributed by atoms with Gasteiger partial charge in [-0.1, -0.05) is 36.5 Å². The fourth-order valence-corrected chi connectivity index (χ4v) is 5.66. The van der Waals surface area contributed by atoms with E-state index in [1.54, 1.807) is 0 Å². The van der Waals surface area contributed by atoms with Crippen molar-refractivity contribution < 1.29 is 4.74 Å². The van der Waals surface area contributed by atoms with Gasteiger partial charge in [0, 0.05) is 10.8 Å². The van der Waals surface area contributed by atoms with Gasteiger partial charge in [-0.15, -0.1) is 0 Å². The van der Waals surface area contributed by atoms with Crippen LogP contribution in [0.2, 0.25) is 0 Å². The van der Waals surface area contributed by atoms with Crippen molar-refractivity contribution in [3.8, 4) is 0 Å². The van der Waals surface area contributed by atoms with Gasteiger partial charge in [0.1, 0.15) is 0 Å². The van der Waals surface area contributed by atoms with Crippen molar-refractivity contribution in [2.75, 3.05) is 13.2 Å². The minimum Gasteiger partial charge on any atom is -0.381 e. The summed E-state index contributed by atoms with van der Waals surface area (Å²) in [5.74, 6) is 3.09. The highest BCUT2D eigenvalue weighted by Gasteiger charge is 2.69. The third-order valence-electron chi connectivity index (χ3n) is 6.43. The Bertz CT molecular complexity index is 434. The molecule has 0 aromatic carbocycles. The standard InChI is InChI=1S/C16H18O/c1-2-6-16-8-7-15(16,5-1)13-3-4-14(16)12-10-17-9-11(12)13/h1-4,7-8,11-14H,5-6,9-10H2/t11-,12-,13+,14+,15+,16+/m0/s1. The Morgan fingerprint density at radius 3 is 1.82 bits per heavy atom. The van der Waals surface area contributed by atoms with E-state index in [0.29, 0.717) is 10.8 Å². The second-order valence-corrected chi connectivity index (χ2v) is 6.60. The Morgan fingerprint density at radius 1 is 0.824 bits per heavy atom. The lowest BCUT2D eigenvalue weighted by Crippen LogP contribution is -2.64. The summed E-state index contributed by atoms with van der Waals surface area (Å²) in [4.78, 5) is 0. The lowest BCUT2D eigenvalue weighted by atomic mass is 9.33. The SMILES string of the molecule is C1=CC[C@]23C=C[C@]2(C1)[C@@H]1C=C[C@@H]3[C@H]2COC[C@@H]21. The zero-order chi connectivity index (χ0) is 11.1. The van der Waals surface area contributed by atoms with Crippen LogP contribution >= 0.6 is 0 Å². The molecule has 0 spiro atoms. The normalized spacial score (nSPS) is 60.7. The molecule has 6 aliphatic rings. The molecule has 2 fully saturated rings. The molecule has 0 aromatic rings. The van der Waals surface area contributed by atoms with Crippen molar-refractivity contribution in [2.24, 2.45) is 34.5 Å². The van der Waals surface area contributed by atoms with Crippen LogP contribution in [0.3, 0.4) is 0 Å². The van der Waals surface area contributed by atoms with Gasteiger partial charge in [-0.05, 0) is 36.5 Å². The quantitative estimate of drug-likeness (QED) is 0.577. The van der Waals surface area contributed by atoms with Gasteiger partial charge in [0.15, 0.2) is 0 Å². The number of hydrogen-bond donors (Lipinski definition) is 0. The van der Waals surface area contributed by atoms with E-state index in [1.165, 1.54) is 12.8 Å². The van der Waals surface area contributed by atoms with E-state index in [9.17, 15) is 0 Å². The maximum Gasteiger partial charge on any atom is 0.0504 e. The minimum absolute atomic E-state index is 0.468. The fraction of sp³-hybridized carbons (Fsp3) is 0.625.